The number of esters is 1. The second-order valence-electron chi connectivity index (χ2n) is 6.45. The van der Waals surface area contributed by atoms with Crippen LogP contribution in [0.4, 0.5) is 0 Å². The first kappa shape index (κ1) is 20.3. The van der Waals surface area contributed by atoms with Crippen molar-refractivity contribution in [2.45, 2.75) is 20.0 Å². The highest BCUT2D eigenvalue weighted by Crippen LogP contribution is 2.38. The minimum Gasteiger partial charge on any atom is -0.493 e. The number of benzene rings is 2. The van der Waals surface area contributed by atoms with Crippen molar-refractivity contribution in [3.05, 3.63) is 52.8 Å². The SMILES string of the molecule is COC(=O)C(C)Oc1cc(C)c2c(c1)O/C(=C\c1ccc(OC)c(OC)c1)C2=O. The molecule has 29 heavy (non-hydrogen) atoms. The fourth-order valence-electron chi connectivity index (χ4n) is 3.06. The van der Waals surface area contributed by atoms with Crippen LogP contribution in [0.2, 0.25) is 0 Å². The van der Waals surface area contributed by atoms with E-state index in [9.17, 15) is 9.59 Å². The highest BCUT2D eigenvalue weighted by atomic mass is 16.6. The minimum atomic E-state index is -0.781. The highest BCUT2D eigenvalue weighted by molar-refractivity contribution is 6.15. The Morgan fingerprint density at radius 1 is 1.07 bits per heavy atom. The first-order valence-electron chi connectivity index (χ1n) is 8.93. The monoisotopic (exact) mass is 398 g/mol. The molecule has 0 radical (unpaired) electrons. The van der Waals surface area contributed by atoms with E-state index in [0.29, 0.717) is 34.1 Å². The molecule has 1 heterocycles. The Morgan fingerprint density at radius 2 is 1.79 bits per heavy atom. The molecular weight excluding hydrogens is 376 g/mol. The molecule has 0 bridgehead atoms. The average Bonchev–Trinajstić information content (AvgIpc) is 3.02. The largest absolute Gasteiger partial charge is 0.493 e. The Hall–Kier alpha value is -3.48. The number of carbonyl (C=O) groups excluding carboxylic acids is 2. The van der Waals surface area contributed by atoms with E-state index in [1.165, 1.54) is 7.11 Å². The van der Waals surface area contributed by atoms with Gasteiger partial charge in [-0.15, -0.1) is 0 Å². The van der Waals surface area contributed by atoms with Crippen molar-refractivity contribution in [2.75, 3.05) is 21.3 Å². The predicted molar refractivity (Wildman–Crippen MR) is 106 cm³/mol. The third-order valence-electron chi connectivity index (χ3n) is 4.49. The molecule has 152 valence electrons. The number of methoxy groups -OCH3 is 3. The maximum Gasteiger partial charge on any atom is 0.346 e. The molecule has 1 atom stereocenters. The van der Waals surface area contributed by atoms with Gasteiger partial charge in [-0.05, 0) is 49.2 Å². The molecule has 1 unspecified atom stereocenters. The fraction of sp³-hybridized carbons (Fsp3) is 0.273. The van der Waals surface area contributed by atoms with E-state index in [0.717, 1.165) is 5.56 Å². The summed E-state index contributed by atoms with van der Waals surface area (Å²) in [5.74, 6) is 1.41. The molecule has 0 N–H and O–H groups in total. The van der Waals surface area contributed by atoms with Crippen LogP contribution in [-0.2, 0) is 9.53 Å². The molecule has 0 aliphatic carbocycles. The number of fused-ring (bicyclic) bond motifs is 1. The van der Waals surface area contributed by atoms with Crippen molar-refractivity contribution in [1.82, 2.24) is 0 Å². The molecule has 2 aromatic carbocycles. The molecule has 0 spiro atoms. The number of carbonyl (C=O) groups is 2. The normalized spacial score (nSPS) is 14.8. The first-order chi connectivity index (χ1) is 13.9. The summed E-state index contributed by atoms with van der Waals surface area (Å²) < 4.78 is 26.6. The van der Waals surface area contributed by atoms with Gasteiger partial charge in [0, 0.05) is 6.07 Å². The van der Waals surface area contributed by atoms with Gasteiger partial charge in [-0.3, -0.25) is 4.79 Å². The van der Waals surface area contributed by atoms with Gasteiger partial charge in [0.1, 0.15) is 11.5 Å². The van der Waals surface area contributed by atoms with Gasteiger partial charge in [0.25, 0.3) is 0 Å². The number of aryl methyl sites for hydroxylation is 1. The summed E-state index contributed by atoms with van der Waals surface area (Å²) in [5, 5.41) is 0. The van der Waals surface area contributed by atoms with Crippen LogP contribution in [0.15, 0.2) is 36.1 Å². The van der Waals surface area contributed by atoms with E-state index in [4.69, 9.17) is 18.9 Å². The third-order valence-corrected chi connectivity index (χ3v) is 4.49. The molecule has 0 fully saturated rings. The molecule has 0 saturated carbocycles. The lowest BCUT2D eigenvalue weighted by Crippen LogP contribution is -2.24. The third kappa shape index (κ3) is 4.03. The van der Waals surface area contributed by atoms with Crippen LogP contribution in [0, 0.1) is 6.92 Å². The van der Waals surface area contributed by atoms with Gasteiger partial charge < -0.3 is 23.7 Å². The Bertz CT molecular complexity index is 991. The zero-order valence-corrected chi connectivity index (χ0v) is 16.9. The number of hydrogen-bond acceptors (Lipinski definition) is 7. The van der Waals surface area contributed by atoms with Crippen molar-refractivity contribution in [3.63, 3.8) is 0 Å². The number of rotatable bonds is 6. The van der Waals surface area contributed by atoms with Gasteiger partial charge in [-0.25, -0.2) is 4.79 Å². The van der Waals surface area contributed by atoms with Crippen molar-refractivity contribution < 1.29 is 33.3 Å². The van der Waals surface area contributed by atoms with Crippen molar-refractivity contribution in [2.24, 2.45) is 0 Å². The van der Waals surface area contributed by atoms with Gasteiger partial charge in [0.15, 0.2) is 23.4 Å². The van der Waals surface area contributed by atoms with Gasteiger partial charge in [0.05, 0.1) is 26.9 Å². The quantitative estimate of drug-likeness (QED) is 0.544. The highest BCUT2D eigenvalue weighted by Gasteiger charge is 2.30. The molecular formula is C22H22O7. The summed E-state index contributed by atoms with van der Waals surface area (Å²) in [5.41, 5.74) is 1.89. The predicted octanol–water partition coefficient (Wildman–Crippen LogP) is 3.57. The smallest absolute Gasteiger partial charge is 0.346 e. The molecule has 2 aromatic rings. The Balaban J connectivity index is 1.89. The minimum absolute atomic E-state index is 0.188. The molecule has 3 rings (SSSR count). The van der Waals surface area contributed by atoms with Crippen LogP contribution in [0.25, 0.3) is 6.08 Å². The van der Waals surface area contributed by atoms with Gasteiger partial charge in [-0.2, -0.15) is 0 Å². The number of ether oxygens (including phenoxy) is 5. The summed E-state index contributed by atoms with van der Waals surface area (Å²) in [7, 11) is 4.39. The van der Waals surface area contributed by atoms with E-state index in [1.807, 2.05) is 0 Å². The molecule has 0 amide bonds. The van der Waals surface area contributed by atoms with Crippen LogP contribution in [0.3, 0.4) is 0 Å². The molecule has 0 saturated heterocycles. The molecule has 1 aliphatic heterocycles. The van der Waals surface area contributed by atoms with E-state index >= 15 is 0 Å². The molecule has 7 nitrogen and oxygen atoms in total. The van der Waals surface area contributed by atoms with Gasteiger partial charge >= 0.3 is 5.97 Å². The van der Waals surface area contributed by atoms with Gasteiger partial charge in [-0.1, -0.05) is 6.07 Å². The Labute approximate surface area is 168 Å². The van der Waals surface area contributed by atoms with Crippen molar-refractivity contribution in [1.29, 1.82) is 0 Å². The lowest BCUT2D eigenvalue weighted by molar-refractivity contribution is -0.147. The topological polar surface area (TPSA) is 80.3 Å². The second-order valence-corrected chi connectivity index (χ2v) is 6.45. The zero-order chi connectivity index (χ0) is 21.1. The van der Waals surface area contributed by atoms with E-state index in [1.54, 1.807) is 64.5 Å². The van der Waals surface area contributed by atoms with E-state index in [2.05, 4.69) is 4.74 Å². The van der Waals surface area contributed by atoms with Crippen LogP contribution < -0.4 is 18.9 Å². The fourth-order valence-corrected chi connectivity index (χ4v) is 3.06. The molecule has 7 heteroatoms. The average molecular weight is 398 g/mol. The van der Waals surface area contributed by atoms with Crippen molar-refractivity contribution in [3.8, 4) is 23.0 Å². The first-order valence-corrected chi connectivity index (χ1v) is 8.93. The number of allylic oxidation sites excluding steroid dienone is 1. The maximum absolute atomic E-state index is 12.8. The molecule has 1 aliphatic rings. The van der Waals surface area contributed by atoms with Crippen LogP contribution in [-0.4, -0.2) is 39.2 Å². The summed E-state index contributed by atoms with van der Waals surface area (Å²) in [6.45, 7) is 3.37. The Morgan fingerprint density at radius 3 is 2.45 bits per heavy atom. The Kier molecular flexibility index (Phi) is 5.77. The summed E-state index contributed by atoms with van der Waals surface area (Å²) >= 11 is 0. The number of ketones is 1. The summed E-state index contributed by atoms with van der Waals surface area (Å²) in [4.78, 5) is 24.4. The number of Topliss-reactive ketones (excluding diaryl/α,β-unsaturated/α-hetero) is 1. The second kappa shape index (κ2) is 8.26. The maximum atomic E-state index is 12.8. The standard InChI is InChI=1S/C22H22O7/c1-12-8-15(28-13(2)22(24)27-5)11-18-20(12)21(23)19(29-18)10-14-6-7-16(25-3)17(9-14)26-4/h6-11,13H,1-5H3/b19-10-. The van der Waals surface area contributed by atoms with Crippen LogP contribution in [0.5, 0.6) is 23.0 Å². The number of hydrogen-bond donors (Lipinski definition) is 0. The van der Waals surface area contributed by atoms with Gasteiger partial charge in [0.2, 0.25) is 5.78 Å². The van der Waals surface area contributed by atoms with Crippen LogP contribution >= 0.6 is 0 Å². The van der Waals surface area contributed by atoms with E-state index < -0.39 is 12.1 Å². The summed E-state index contributed by atoms with van der Waals surface area (Å²) in [6, 6.07) is 8.59. The lowest BCUT2D eigenvalue weighted by Gasteiger charge is -2.13. The molecule has 0 aromatic heterocycles. The lowest BCUT2D eigenvalue weighted by atomic mass is 10.0. The van der Waals surface area contributed by atoms with Crippen molar-refractivity contribution >= 4 is 17.8 Å². The summed E-state index contributed by atoms with van der Waals surface area (Å²) in [6.07, 6.45) is 0.859. The zero-order valence-electron chi connectivity index (χ0n) is 16.9. The van der Waals surface area contributed by atoms with E-state index in [-0.39, 0.29) is 11.5 Å². The van der Waals surface area contributed by atoms with Crippen LogP contribution in [0.1, 0.15) is 28.4 Å².